The Morgan fingerprint density at radius 2 is 2.23 bits per heavy atom. The predicted octanol–water partition coefficient (Wildman–Crippen LogP) is 3.33. The number of rotatable bonds is 2. The van der Waals surface area contributed by atoms with E-state index in [1.54, 1.807) is 0 Å². The quantitative estimate of drug-likeness (QED) is 0.538. The molecule has 1 aliphatic carbocycles. The van der Waals surface area contributed by atoms with Crippen molar-refractivity contribution in [2.24, 2.45) is 11.3 Å². The van der Waals surface area contributed by atoms with Gasteiger partial charge in [-0.2, -0.15) is 0 Å². The molecule has 1 fully saturated rings. The highest BCUT2D eigenvalue weighted by Crippen LogP contribution is 2.46. The van der Waals surface area contributed by atoms with Gasteiger partial charge in [0.1, 0.15) is 5.78 Å². The Morgan fingerprint density at radius 1 is 1.69 bits per heavy atom. The molecule has 0 aliphatic heterocycles. The number of Topliss-reactive ketones (excluding diaryl/α,β-unsaturated/α-hetero) is 1. The molecular weight excluding hydrogens is 228 g/mol. The van der Waals surface area contributed by atoms with E-state index in [9.17, 15) is 4.79 Å². The summed E-state index contributed by atoms with van der Waals surface area (Å²) >= 11 is 3.48. The molecule has 0 bridgehead atoms. The number of hydrogen-bond acceptors (Lipinski definition) is 1. The second-order valence-electron chi connectivity index (χ2n) is 4.80. The van der Waals surface area contributed by atoms with E-state index in [1.165, 1.54) is 0 Å². The lowest BCUT2D eigenvalue weighted by molar-refractivity contribution is -0.117. The molecule has 0 aromatic carbocycles. The van der Waals surface area contributed by atoms with E-state index in [2.05, 4.69) is 36.4 Å². The first-order valence-corrected chi connectivity index (χ1v) is 5.57. The van der Waals surface area contributed by atoms with Crippen molar-refractivity contribution >= 4 is 21.7 Å². The summed E-state index contributed by atoms with van der Waals surface area (Å²) in [6, 6.07) is 0. The maximum Gasteiger partial charge on any atom is 0.147 e. The van der Waals surface area contributed by atoms with E-state index in [1.807, 2.05) is 6.92 Å². The van der Waals surface area contributed by atoms with E-state index in [0.717, 1.165) is 12.0 Å². The van der Waals surface area contributed by atoms with Crippen LogP contribution in [-0.4, -0.2) is 10.6 Å². The van der Waals surface area contributed by atoms with Gasteiger partial charge in [0.05, 0.1) is 4.83 Å². The number of halogens is 1. The van der Waals surface area contributed by atoms with E-state index in [4.69, 9.17) is 0 Å². The molecule has 1 rings (SSSR count). The van der Waals surface area contributed by atoms with Crippen molar-refractivity contribution < 1.29 is 4.79 Å². The summed E-state index contributed by atoms with van der Waals surface area (Å²) in [6.07, 6.45) is 1.65. The van der Waals surface area contributed by atoms with Crippen molar-refractivity contribution in [3.8, 4) is 0 Å². The molecule has 0 aromatic rings. The van der Waals surface area contributed by atoms with Gasteiger partial charge < -0.3 is 0 Å². The first kappa shape index (κ1) is 11.0. The summed E-state index contributed by atoms with van der Waals surface area (Å²) in [5.41, 5.74) is 1.29. The van der Waals surface area contributed by atoms with Gasteiger partial charge in [-0.05, 0) is 24.7 Å². The Bertz CT molecular complexity index is 242. The molecule has 0 radical (unpaired) electrons. The summed E-state index contributed by atoms with van der Waals surface area (Å²) in [4.78, 5) is 11.5. The van der Waals surface area contributed by atoms with Gasteiger partial charge in [0, 0.05) is 6.42 Å². The van der Waals surface area contributed by atoms with Crippen molar-refractivity contribution in [3.05, 3.63) is 12.2 Å². The first-order valence-electron chi connectivity index (χ1n) is 4.66. The van der Waals surface area contributed by atoms with Gasteiger partial charge in [0.25, 0.3) is 0 Å². The molecule has 0 amide bonds. The lowest BCUT2D eigenvalue weighted by Crippen LogP contribution is -2.23. The fourth-order valence-electron chi connectivity index (χ4n) is 2.05. The van der Waals surface area contributed by atoms with Crippen LogP contribution in [0.4, 0.5) is 0 Å². The number of ketones is 1. The van der Waals surface area contributed by atoms with Crippen molar-refractivity contribution in [2.75, 3.05) is 0 Å². The Morgan fingerprint density at radius 3 is 2.54 bits per heavy atom. The van der Waals surface area contributed by atoms with Crippen LogP contribution in [0.25, 0.3) is 0 Å². The molecule has 2 heteroatoms. The topological polar surface area (TPSA) is 17.1 Å². The number of alkyl halides is 1. The highest BCUT2D eigenvalue weighted by molar-refractivity contribution is 9.10. The third-order valence-electron chi connectivity index (χ3n) is 2.86. The average molecular weight is 245 g/mol. The highest BCUT2D eigenvalue weighted by atomic mass is 79.9. The Kier molecular flexibility index (Phi) is 3.01. The largest absolute Gasteiger partial charge is 0.298 e. The monoisotopic (exact) mass is 244 g/mol. The summed E-state index contributed by atoms with van der Waals surface area (Å²) in [7, 11) is 0. The lowest BCUT2D eigenvalue weighted by Gasteiger charge is -2.27. The lowest BCUT2D eigenvalue weighted by atomic mass is 9.79. The molecule has 0 heterocycles. The van der Waals surface area contributed by atoms with Crippen molar-refractivity contribution in [1.29, 1.82) is 0 Å². The maximum absolute atomic E-state index is 11.5. The molecule has 1 aliphatic rings. The number of allylic oxidation sites excluding steroid dienone is 1. The third-order valence-corrected chi connectivity index (χ3v) is 4.01. The predicted molar refractivity (Wildman–Crippen MR) is 59.0 cm³/mol. The molecule has 1 nitrogen and oxygen atoms in total. The normalized spacial score (nSPS) is 32.2. The third kappa shape index (κ3) is 2.22. The van der Waals surface area contributed by atoms with E-state index in [-0.39, 0.29) is 10.2 Å². The molecule has 0 saturated heterocycles. The van der Waals surface area contributed by atoms with Crippen LogP contribution in [0, 0.1) is 11.3 Å². The van der Waals surface area contributed by atoms with Crippen LogP contribution in [0.5, 0.6) is 0 Å². The smallest absolute Gasteiger partial charge is 0.147 e. The van der Waals surface area contributed by atoms with Crippen LogP contribution in [0.1, 0.15) is 33.6 Å². The number of carbonyl (C=O) groups excluding carboxylic acids is 1. The zero-order chi connectivity index (χ0) is 10.2. The zero-order valence-corrected chi connectivity index (χ0v) is 10.1. The van der Waals surface area contributed by atoms with Gasteiger partial charge in [0.2, 0.25) is 0 Å². The van der Waals surface area contributed by atoms with Gasteiger partial charge in [0.15, 0.2) is 0 Å². The summed E-state index contributed by atoms with van der Waals surface area (Å²) < 4.78 is 0. The van der Waals surface area contributed by atoms with Gasteiger partial charge in [-0.1, -0.05) is 35.4 Å². The van der Waals surface area contributed by atoms with E-state index in [0.29, 0.717) is 18.1 Å². The number of hydrogen-bond donors (Lipinski definition) is 0. The second-order valence-corrected chi connectivity index (χ2v) is 5.79. The van der Waals surface area contributed by atoms with Gasteiger partial charge in [-0.3, -0.25) is 4.79 Å². The molecule has 0 aromatic heterocycles. The van der Waals surface area contributed by atoms with Crippen LogP contribution < -0.4 is 0 Å². The molecule has 13 heavy (non-hydrogen) atoms. The van der Waals surface area contributed by atoms with Crippen LogP contribution >= 0.6 is 15.9 Å². The van der Waals surface area contributed by atoms with E-state index < -0.39 is 0 Å². The van der Waals surface area contributed by atoms with Gasteiger partial charge >= 0.3 is 0 Å². The fourth-order valence-corrected chi connectivity index (χ4v) is 3.12. The van der Waals surface area contributed by atoms with Gasteiger partial charge in [-0.15, -0.1) is 6.58 Å². The minimum atomic E-state index is 0.0409. The SMILES string of the molecule is C=C(C)CC1C(Br)C(=O)CC1(C)C. The minimum absolute atomic E-state index is 0.0409. The highest BCUT2D eigenvalue weighted by Gasteiger charge is 2.45. The minimum Gasteiger partial charge on any atom is -0.298 e. The van der Waals surface area contributed by atoms with E-state index >= 15 is 0 Å². The fraction of sp³-hybridized carbons (Fsp3) is 0.727. The van der Waals surface area contributed by atoms with Crippen LogP contribution in [0.3, 0.4) is 0 Å². The molecule has 2 atom stereocenters. The Labute approximate surface area is 88.7 Å². The summed E-state index contributed by atoms with van der Waals surface area (Å²) in [6.45, 7) is 10.3. The average Bonchev–Trinajstić information content (AvgIpc) is 2.12. The Hall–Kier alpha value is -0.110. The molecular formula is C11H17BrO. The van der Waals surface area contributed by atoms with Crippen LogP contribution in [-0.2, 0) is 4.79 Å². The van der Waals surface area contributed by atoms with Crippen molar-refractivity contribution in [3.63, 3.8) is 0 Å². The second kappa shape index (κ2) is 3.56. The molecule has 0 N–H and O–H groups in total. The molecule has 74 valence electrons. The Balaban J connectivity index is 2.80. The van der Waals surface area contributed by atoms with Gasteiger partial charge in [-0.25, -0.2) is 0 Å². The van der Waals surface area contributed by atoms with Crippen molar-refractivity contribution in [2.45, 2.75) is 38.4 Å². The van der Waals surface area contributed by atoms with Crippen LogP contribution in [0.2, 0.25) is 0 Å². The van der Waals surface area contributed by atoms with Crippen molar-refractivity contribution in [1.82, 2.24) is 0 Å². The molecule has 1 saturated carbocycles. The summed E-state index contributed by atoms with van der Waals surface area (Å²) in [5.74, 6) is 0.758. The maximum atomic E-state index is 11.5. The van der Waals surface area contributed by atoms with Crippen LogP contribution in [0.15, 0.2) is 12.2 Å². The zero-order valence-electron chi connectivity index (χ0n) is 8.56. The first-order chi connectivity index (χ1) is 5.84. The summed E-state index contributed by atoms with van der Waals surface area (Å²) in [5, 5.41) is 0. The number of carbonyl (C=O) groups is 1. The molecule has 2 unspecified atom stereocenters. The molecule has 0 spiro atoms. The standard InChI is InChI=1S/C11H17BrO/c1-7(2)5-8-10(12)9(13)6-11(8,3)4/h8,10H,1,5-6H2,2-4H3.